The molecule has 0 fully saturated rings. The first-order valence-electron chi connectivity index (χ1n) is 9.30. The van der Waals surface area contributed by atoms with Gasteiger partial charge in [0.25, 0.3) is 0 Å². The van der Waals surface area contributed by atoms with Gasteiger partial charge in [-0.15, -0.1) is 0 Å². The molecule has 0 unspecified atom stereocenters. The highest BCUT2D eigenvalue weighted by molar-refractivity contribution is 6.08. The summed E-state index contributed by atoms with van der Waals surface area (Å²) in [6.07, 6.45) is -2.80. The Kier molecular flexibility index (Phi) is 4.77. The monoisotopic (exact) mass is 400 g/mol. The summed E-state index contributed by atoms with van der Waals surface area (Å²) in [7, 11) is 0. The summed E-state index contributed by atoms with van der Waals surface area (Å²) in [5.74, 6) is -2.03. The van der Waals surface area contributed by atoms with E-state index in [1.165, 1.54) is 11.6 Å². The number of halogens is 5. The summed E-state index contributed by atoms with van der Waals surface area (Å²) in [6.45, 7) is 2.10. The van der Waals surface area contributed by atoms with Crippen LogP contribution >= 0.6 is 0 Å². The van der Waals surface area contributed by atoms with E-state index in [1.807, 2.05) is 24.3 Å². The van der Waals surface area contributed by atoms with Crippen LogP contribution in [0.3, 0.4) is 0 Å². The van der Waals surface area contributed by atoms with Crippen LogP contribution in [0, 0.1) is 11.6 Å². The van der Waals surface area contributed by atoms with Crippen molar-refractivity contribution in [3.8, 4) is 11.1 Å². The highest BCUT2D eigenvalue weighted by atomic mass is 19.4. The quantitative estimate of drug-likeness (QED) is 0.242. The molecule has 0 aliphatic carbocycles. The Morgan fingerprint density at radius 1 is 0.724 bits per heavy atom. The third-order valence-electron chi connectivity index (χ3n) is 5.11. The molecule has 0 atom stereocenters. The van der Waals surface area contributed by atoms with Gasteiger partial charge in [-0.25, -0.2) is 8.78 Å². The smallest absolute Gasteiger partial charge is 0.206 e. The lowest BCUT2D eigenvalue weighted by Gasteiger charge is -2.12. The van der Waals surface area contributed by atoms with Gasteiger partial charge in [0, 0.05) is 5.56 Å². The third kappa shape index (κ3) is 3.57. The van der Waals surface area contributed by atoms with E-state index in [-0.39, 0.29) is 11.1 Å². The molecule has 0 N–H and O–H groups in total. The Hall–Kier alpha value is -2.95. The SMILES string of the molecule is CCCc1ccc2c(ccc3cc(-c4ccc(C(F)(F)F)c(F)c4)c(F)cc32)c1. The van der Waals surface area contributed by atoms with Crippen molar-refractivity contribution in [2.45, 2.75) is 25.9 Å². The van der Waals surface area contributed by atoms with Gasteiger partial charge in [-0.05, 0) is 63.4 Å². The van der Waals surface area contributed by atoms with E-state index in [0.29, 0.717) is 11.5 Å². The summed E-state index contributed by atoms with van der Waals surface area (Å²) in [5.41, 5.74) is -0.0339. The third-order valence-corrected chi connectivity index (χ3v) is 5.11. The molecule has 148 valence electrons. The van der Waals surface area contributed by atoms with Crippen LogP contribution in [0.25, 0.3) is 32.7 Å². The van der Waals surface area contributed by atoms with Gasteiger partial charge in [0.15, 0.2) is 0 Å². The van der Waals surface area contributed by atoms with Crippen molar-refractivity contribution in [2.24, 2.45) is 0 Å². The number of hydrogen-bond acceptors (Lipinski definition) is 0. The van der Waals surface area contributed by atoms with E-state index in [1.54, 1.807) is 6.07 Å². The van der Waals surface area contributed by atoms with Crippen LogP contribution in [0.4, 0.5) is 22.0 Å². The van der Waals surface area contributed by atoms with E-state index >= 15 is 0 Å². The topological polar surface area (TPSA) is 0 Å². The highest BCUT2D eigenvalue weighted by Gasteiger charge is 2.34. The predicted octanol–water partition coefficient (Wildman–Crippen LogP) is 7.91. The zero-order valence-electron chi connectivity index (χ0n) is 15.6. The number of fused-ring (bicyclic) bond motifs is 3. The van der Waals surface area contributed by atoms with Gasteiger partial charge in [-0.1, -0.05) is 49.7 Å². The first kappa shape index (κ1) is 19.4. The maximum absolute atomic E-state index is 14.9. The van der Waals surface area contributed by atoms with Gasteiger partial charge in [0.2, 0.25) is 0 Å². The first-order chi connectivity index (χ1) is 13.8. The number of hydrogen-bond donors (Lipinski definition) is 0. The molecule has 4 aromatic rings. The Morgan fingerprint density at radius 3 is 2.10 bits per heavy atom. The number of alkyl halides is 3. The van der Waals surface area contributed by atoms with Crippen molar-refractivity contribution in [1.82, 2.24) is 0 Å². The predicted molar refractivity (Wildman–Crippen MR) is 106 cm³/mol. The van der Waals surface area contributed by atoms with Gasteiger partial charge in [-0.2, -0.15) is 13.2 Å². The normalized spacial score (nSPS) is 12.1. The summed E-state index contributed by atoms with van der Waals surface area (Å²) in [6, 6.07) is 15.2. The van der Waals surface area contributed by atoms with Crippen LogP contribution < -0.4 is 0 Å². The van der Waals surface area contributed by atoms with Crippen LogP contribution in [0.2, 0.25) is 0 Å². The molecule has 0 amide bonds. The Balaban J connectivity index is 1.85. The maximum atomic E-state index is 14.9. The summed E-state index contributed by atoms with van der Waals surface area (Å²) in [5, 5.41) is 3.33. The second-order valence-corrected chi connectivity index (χ2v) is 7.12. The second-order valence-electron chi connectivity index (χ2n) is 7.12. The van der Waals surface area contributed by atoms with E-state index < -0.39 is 23.4 Å². The second kappa shape index (κ2) is 7.14. The number of benzene rings is 4. The minimum Gasteiger partial charge on any atom is -0.206 e. The molecule has 0 aliphatic rings. The van der Waals surface area contributed by atoms with Crippen molar-refractivity contribution in [2.75, 3.05) is 0 Å². The minimum absolute atomic E-state index is 0.0621. The van der Waals surface area contributed by atoms with E-state index in [9.17, 15) is 22.0 Å². The van der Waals surface area contributed by atoms with Crippen LogP contribution in [-0.2, 0) is 12.6 Å². The molecule has 5 heteroatoms. The number of rotatable bonds is 3. The van der Waals surface area contributed by atoms with Crippen molar-refractivity contribution < 1.29 is 22.0 Å². The molecule has 0 aliphatic heterocycles. The molecule has 0 radical (unpaired) electrons. The lowest BCUT2D eigenvalue weighted by Crippen LogP contribution is -2.07. The van der Waals surface area contributed by atoms with Gasteiger partial charge in [0.05, 0.1) is 5.56 Å². The first-order valence-corrected chi connectivity index (χ1v) is 9.30. The maximum Gasteiger partial charge on any atom is 0.419 e. The fourth-order valence-corrected chi connectivity index (χ4v) is 3.71. The molecule has 0 saturated heterocycles. The van der Waals surface area contributed by atoms with E-state index in [4.69, 9.17) is 0 Å². The van der Waals surface area contributed by atoms with Crippen LogP contribution in [0.1, 0.15) is 24.5 Å². The van der Waals surface area contributed by atoms with Crippen molar-refractivity contribution in [3.63, 3.8) is 0 Å². The lowest BCUT2D eigenvalue weighted by molar-refractivity contribution is -0.139. The Bertz CT molecular complexity index is 1220. The Labute approximate surface area is 164 Å². The molecule has 0 saturated carbocycles. The van der Waals surface area contributed by atoms with Gasteiger partial charge in [0.1, 0.15) is 11.6 Å². The molecule has 0 aromatic heterocycles. The fraction of sp³-hybridized carbons (Fsp3) is 0.167. The van der Waals surface area contributed by atoms with Crippen molar-refractivity contribution in [3.05, 3.63) is 83.4 Å². The summed E-state index contributed by atoms with van der Waals surface area (Å²) >= 11 is 0. The molecule has 0 bridgehead atoms. The largest absolute Gasteiger partial charge is 0.419 e. The molecule has 29 heavy (non-hydrogen) atoms. The average molecular weight is 400 g/mol. The standard InChI is InChI=1S/C24H17F5/c1-2-3-14-4-8-18-15(10-14)5-6-16-11-20(22(25)13-19(16)18)17-7-9-21(23(26)12-17)24(27,28)29/h4-13H,2-3H2,1H3. The van der Waals surface area contributed by atoms with Crippen LogP contribution in [-0.4, -0.2) is 0 Å². The van der Waals surface area contributed by atoms with Crippen LogP contribution in [0.5, 0.6) is 0 Å². The zero-order valence-corrected chi connectivity index (χ0v) is 15.6. The molecule has 4 aromatic carbocycles. The van der Waals surface area contributed by atoms with E-state index in [0.717, 1.165) is 41.1 Å². The molecular weight excluding hydrogens is 383 g/mol. The van der Waals surface area contributed by atoms with Gasteiger partial charge >= 0.3 is 6.18 Å². The number of aryl methyl sites for hydroxylation is 1. The van der Waals surface area contributed by atoms with Gasteiger partial charge in [-0.3, -0.25) is 0 Å². The molecule has 0 heterocycles. The molecular formula is C24H17F5. The fourth-order valence-electron chi connectivity index (χ4n) is 3.71. The van der Waals surface area contributed by atoms with E-state index in [2.05, 4.69) is 13.0 Å². The zero-order chi connectivity index (χ0) is 20.8. The minimum atomic E-state index is -4.79. The Morgan fingerprint density at radius 2 is 1.45 bits per heavy atom. The summed E-state index contributed by atoms with van der Waals surface area (Å²) < 4.78 is 67.1. The highest BCUT2D eigenvalue weighted by Crippen LogP contribution is 2.36. The average Bonchev–Trinajstić information content (AvgIpc) is 2.66. The molecule has 4 rings (SSSR count). The molecule has 0 nitrogen and oxygen atoms in total. The van der Waals surface area contributed by atoms with Crippen molar-refractivity contribution >= 4 is 21.5 Å². The summed E-state index contributed by atoms with van der Waals surface area (Å²) in [4.78, 5) is 0. The van der Waals surface area contributed by atoms with Crippen molar-refractivity contribution in [1.29, 1.82) is 0 Å². The molecule has 0 spiro atoms. The van der Waals surface area contributed by atoms with Crippen LogP contribution in [0.15, 0.2) is 60.7 Å². The van der Waals surface area contributed by atoms with Gasteiger partial charge < -0.3 is 0 Å². The lowest BCUT2D eigenvalue weighted by atomic mass is 9.95.